The molecule has 0 N–H and O–H groups in total. The molecule has 0 spiro atoms. The molecule has 0 aliphatic rings. The predicted octanol–water partition coefficient (Wildman–Crippen LogP) is 4.77. The Morgan fingerprint density at radius 1 is 0.950 bits per heavy atom. The first-order chi connectivity index (χ1) is 9.72. The smallest absolute Gasteiger partial charge is 0.119 e. The summed E-state index contributed by atoms with van der Waals surface area (Å²) in [6, 6.07) is 16.4. The minimum atomic E-state index is 0.298. The molecule has 3 heteroatoms. The molecule has 2 aromatic rings. The van der Waals surface area contributed by atoms with Crippen LogP contribution in [0.15, 0.2) is 48.5 Å². The lowest BCUT2D eigenvalue weighted by atomic mass is 10.0. The van der Waals surface area contributed by atoms with Crippen molar-refractivity contribution in [3.63, 3.8) is 0 Å². The van der Waals surface area contributed by atoms with Gasteiger partial charge in [0.2, 0.25) is 0 Å². The van der Waals surface area contributed by atoms with Gasteiger partial charge in [-0.2, -0.15) is 0 Å². The van der Waals surface area contributed by atoms with Crippen LogP contribution in [-0.4, -0.2) is 13.7 Å². The van der Waals surface area contributed by atoms with Gasteiger partial charge in [-0.25, -0.2) is 0 Å². The molecule has 2 nitrogen and oxygen atoms in total. The van der Waals surface area contributed by atoms with Crippen LogP contribution in [0.5, 0.6) is 11.5 Å². The fraction of sp³-hybridized carbons (Fsp3) is 0.294. The molecule has 0 fully saturated rings. The summed E-state index contributed by atoms with van der Waals surface area (Å²) < 4.78 is 10.6. The summed E-state index contributed by atoms with van der Waals surface area (Å²) in [6.45, 7) is 2.69. The summed E-state index contributed by atoms with van der Waals surface area (Å²) in [5, 5.41) is 0. The molecule has 106 valence electrons. The van der Waals surface area contributed by atoms with Crippen LogP contribution in [0.1, 0.15) is 22.9 Å². The van der Waals surface area contributed by atoms with Crippen molar-refractivity contribution in [1.29, 1.82) is 0 Å². The molecule has 20 heavy (non-hydrogen) atoms. The molecule has 0 aliphatic carbocycles. The highest BCUT2D eigenvalue weighted by atomic mass is 79.9. The van der Waals surface area contributed by atoms with Gasteiger partial charge in [0.05, 0.1) is 13.7 Å². The molecule has 1 unspecified atom stereocenters. The number of alkyl halides is 1. The van der Waals surface area contributed by atoms with Crippen molar-refractivity contribution in [2.24, 2.45) is 0 Å². The van der Waals surface area contributed by atoms with Crippen molar-refractivity contribution in [3.05, 3.63) is 59.7 Å². The summed E-state index contributed by atoms with van der Waals surface area (Å²) in [5.41, 5.74) is 2.53. The Bertz CT molecular complexity index is 520. The van der Waals surface area contributed by atoms with Crippen molar-refractivity contribution in [2.45, 2.75) is 18.2 Å². The lowest BCUT2D eigenvalue weighted by Gasteiger charge is -2.12. The van der Waals surface area contributed by atoms with Crippen LogP contribution in [0.2, 0.25) is 0 Å². The average molecular weight is 335 g/mol. The highest BCUT2D eigenvalue weighted by Crippen LogP contribution is 2.29. The Morgan fingerprint density at radius 3 is 2.10 bits per heavy atom. The Morgan fingerprint density at radius 2 is 1.55 bits per heavy atom. The van der Waals surface area contributed by atoms with Crippen molar-refractivity contribution in [1.82, 2.24) is 0 Å². The molecular weight excluding hydrogens is 316 g/mol. The first kappa shape index (κ1) is 14.9. The van der Waals surface area contributed by atoms with Crippen LogP contribution < -0.4 is 9.47 Å². The summed E-state index contributed by atoms with van der Waals surface area (Å²) in [4.78, 5) is 0.298. The zero-order valence-corrected chi connectivity index (χ0v) is 13.4. The van der Waals surface area contributed by atoms with E-state index in [4.69, 9.17) is 9.47 Å². The molecule has 2 rings (SSSR count). The number of halogens is 1. The van der Waals surface area contributed by atoms with Crippen LogP contribution in [0.4, 0.5) is 0 Å². The molecule has 0 heterocycles. The van der Waals surface area contributed by atoms with Gasteiger partial charge in [0.25, 0.3) is 0 Å². The number of benzene rings is 2. The fourth-order valence-electron chi connectivity index (χ4n) is 2.03. The maximum absolute atomic E-state index is 5.46. The monoisotopic (exact) mass is 334 g/mol. The third-order valence-corrected chi connectivity index (χ3v) is 3.98. The molecule has 0 radical (unpaired) electrons. The zero-order chi connectivity index (χ0) is 14.4. The van der Waals surface area contributed by atoms with Gasteiger partial charge in [0.15, 0.2) is 0 Å². The van der Waals surface area contributed by atoms with E-state index in [0.29, 0.717) is 11.4 Å². The zero-order valence-electron chi connectivity index (χ0n) is 11.8. The Kier molecular flexibility index (Phi) is 5.48. The van der Waals surface area contributed by atoms with Crippen LogP contribution in [0, 0.1) is 0 Å². The van der Waals surface area contributed by atoms with E-state index in [1.807, 2.05) is 31.2 Å². The van der Waals surface area contributed by atoms with Gasteiger partial charge in [-0.15, -0.1) is 0 Å². The summed E-state index contributed by atoms with van der Waals surface area (Å²) in [5.74, 6) is 1.81. The first-order valence-corrected chi connectivity index (χ1v) is 7.64. The second-order valence-corrected chi connectivity index (χ2v) is 5.63. The molecule has 0 aromatic heterocycles. The van der Waals surface area contributed by atoms with E-state index < -0.39 is 0 Å². The third kappa shape index (κ3) is 4.01. The summed E-state index contributed by atoms with van der Waals surface area (Å²) in [6.07, 6.45) is 0.942. The van der Waals surface area contributed by atoms with E-state index in [-0.39, 0.29) is 0 Å². The van der Waals surface area contributed by atoms with E-state index in [9.17, 15) is 0 Å². The average Bonchev–Trinajstić information content (AvgIpc) is 2.49. The number of methoxy groups -OCH3 is 1. The SMILES string of the molecule is CCOc1ccc(C(Br)Cc2ccc(OC)cc2)cc1. The summed E-state index contributed by atoms with van der Waals surface area (Å²) >= 11 is 3.75. The van der Waals surface area contributed by atoms with Gasteiger partial charge >= 0.3 is 0 Å². The van der Waals surface area contributed by atoms with E-state index in [1.165, 1.54) is 11.1 Å². The maximum Gasteiger partial charge on any atom is 0.119 e. The van der Waals surface area contributed by atoms with Crippen molar-refractivity contribution in [3.8, 4) is 11.5 Å². The molecule has 2 aromatic carbocycles. The minimum absolute atomic E-state index is 0.298. The maximum atomic E-state index is 5.46. The van der Waals surface area contributed by atoms with Crippen LogP contribution in [0.25, 0.3) is 0 Å². The molecule has 0 saturated carbocycles. The fourth-order valence-corrected chi connectivity index (χ4v) is 2.70. The van der Waals surface area contributed by atoms with E-state index >= 15 is 0 Å². The number of hydrogen-bond acceptors (Lipinski definition) is 2. The number of hydrogen-bond donors (Lipinski definition) is 0. The largest absolute Gasteiger partial charge is 0.497 e. The summed E-state index contributed by atoms with van der Waals surface area (Å²) in [7, 11) is 1.68. The van der Waals surface area contributed by atoms with Gasteiger partial charge in [-0.05, 0) is 48.7 Å². The van der Waals surface area contributed by atoms with Gasteiger partial charge < -0.3 is 9.47 Å². The van der Waals surface area contributed by atoms with Gasteiger partial charge in [0, 0.05) is 4.83 Å². The van der Waals surface area contributed by atoms with E-state index in [2.05, 4.69) is 40.2 Å². The quantitative estimate of drug-likeness (QED) is 0.708. The lowest BCUT2D eigenvalue weighted by Crippen LogP contribution is -1.96. The topological polar surface area (TPSA) is 18.5 Å². The Balaban J connectivity index is 2.01. The van der Waals surface area contributed by atoms with Crippen LogP contribution in [0.3, 0.4) is 0 Å². The van der Waals surface area contributed by atoms with E-state index in [0.717, 1.165) is 17.9 Å². The molecule has 1 atom stereocenters. The van der Waals surface area contributed by atoms with Crippen molar-refractivity contribution >= 4 is 15.9 Å². The second kappa shape index (κ2) is 7.34. The third-order valence-electron chi connectivity index (χ3n) is 3.13. The number of rotatable bonds is 6. The number of ether oxygens (including phenoxy) is 2. The van der Waals surface area contributed by atoms with Gasteiger partial charge in [-0.1, -0.05) is 40.2 Å². The molecule has 0 bridgehead atoms. The highest BCUT2D eigenvalue weighted by molar-refractivity contribution is 9.09. The minimum Gasteiger partial charge on any atom is -0.497 e. The molecule has 0 saturated heterocycles. The molecule has 0 amide bonds. The van der Waals surface area contributed by atoms with Crippen LogP contribution in [-0.2, 0) is 6.42 Å². The predicted molar refractivity (Wildman–Crippen MR) is 86.0 cm³/mol. The molecular formula is C17H19BrO2. The van der Waals surface area contributed by atoms with Crippen LogP contribution >= 0.6 is 15.9 Å². The Labute approximate surface area is 128 Å². The van der Waals surface area contributed by atoms with E-state index in [1.54, 1.807) is 7.11 Å². The van der Waals surface area contributed by atoms with Gasteiger partial charge in [-0.3, -0.25) is 0 Å². The Hall–Kier alpha value is -1.48. The highest BCUT2D eigenvalue weighted by Gasteiger charge is 2.09. The molecule has 0 aliphatic heterocycles. The first-order valence-electron chi connectivity index (χ1n) is 6.72. The lowest BCUT2D eigenvalue weighted by molar-refractivity contribution is 0.340. The van der Waals surface area contributed by atoms with Crippen molar-refractivity contribution < 1.29 is 9.47 Å². The second-order valence-electron chi connectivity index (χ2n) is 4.52. The standard InChI is InChI=1S/C17H19BrO2/c1-3-20-16-10-6-14(7-11-16)17(18)12-13-4-8-15(19-2)9-5-13/h4-11,17H,3,12H2,1-2H3. The normalized spacial score (nSPS) is 11.9. The van der Waals surface area contributed by atoms with Gasteiger partial charge in [0.1, 0.15) is 11.5 Å². The van der Waals surface area contributed by atoms with Crippen molar-refractivity contribution in [2.75, 3.05) is 13.7 Å².